The molecule has 1 aromatic rings. The van der Waals surface area contributed by atoms with Gasteiger partial charge in [-0.2, -0.15) is 0 Å². The largest absolute Gasteiger partial charge is 0.369 e. The van der Waals surface area contributed by atoms with Gasteiger partial charge in [0.05, 0.1) is 5.92 Å². The minimum Gasteiger partial charge on any atom is -0.369 e. The van der Waals surface area contributed by atoms with Gasteiger partial charge in [0.15, 0.2) is 5.96 Å². The molecular weight excluding hydrogens is 517 g/mol. The average molecular weight is 558 g/mol. The van der Waals surface area contributed by atoms with Crippen LogP contribution in [0.5, 0.6) is 0 Å². The van der Waals surface area contributed by atoms with E-state index >= 15 is 0 Å². The summed E-state index contributed by atoms with van der Waals surface area (Å²) in [6.07, 6.45) is 8.83. The van der Waals surface area contributed by atoms with Crippen LogP contribution in [0.25, 0.3) is 0 Å². The van der Waals surface area contributed by atoms with Crippen molar-refractivity contribution < 1.29 is 4.79 Å². The number of nitrogens with zero attached hydrogens (tertiary/aromatic N) is 4. The third-order valence-electron chi connectivity index (χ3n) is 6.57. The first-order valence-corrected chi connectivity index (χ1v) is 11.8. The first kappa shape index (κ1) is 26.6. The molecule has 0 saturated carbocycles. The van der Waals surface area contributed by atoms with E-state index in [9.17, 15) is 4.79 Å². The molecule has 2 aliphatic heterocycles. The third-order valence-corrected chi connectivity index (χ3v) is 6.57. The van der Waals surface area contributed by atoms with Crippen molar-refractivity contribution in [3.8, 4) is 0 Å². The Morgan fingerprint density at radius 1 is 1.25 bits per heavy atom. The number of rotatable bonds is 8. The Morgan fingerprint density at radius 2 is 2.09 bits per heavy atom. The normalized spacial score (nSPS) is 22.2. The van der Waals surface area contributed by atoms with E-state index in [4.69, 9.17) is 5.73 Å². The number of aliphatic imine (C=N–C) groups is 1. The highest BCUT2D eigenvalue weighted by atomic mass is 127. The van der Waals surface area contributed by atoms with Gasteiger partial charge in [-0.1, -0.05) is 19.4 Å². The van der Waals surface area contributed by atoms with Gasteiger partial charge in [-0.3, -0.25) is 14.7 Å². The first-order chi connectivity index (χ1) is 15.1. The second kappa shape index (κ2) is 13.8. The molecular formula is C23H40IN7O. The number of anilines is 1. The Hall–Kier alpha value is -1.62. The number of primary amides is 1. The molecule has 2 saturated heterocycles. The third kappa shape index (κ3) is 7.47. The molecule has 0 bridgehead atoms. The second-order valence-corrected chi connectivity index (χ2v) is 8.62. The van der Waals surface area contributed by atoms with E-state index in [1.807, 2.05) is 12.3 Å². The molecule has 8 nitrogen and oxygen atoms in total. The molecule has 32 heavy (non-hydrogen) atoms. The molecule has 2 fully saturated rings. The van der Waals surface area contributed by atoms with Crippen LogP contribution >= 0.6 is 24.0 Å². The number of pyridine rings is 1. The Balaban J connectivity index is 0.00000363. The fourth-order valence-corrected chi connectivity index (χ4v) is 4.79. The van der Waals surface area contributed by atoms with Crippen molar-refractivity contribution >= 4 is 41.7 Å². The summed E-state index contributed by atoms with van der Waals surface area (Å²) < 4.78 is 0. The molecule has 4 N–H and O–H groups in total. The van der Waals surface area contributed by atoms with Gasteiger partial charge in [-0.25, -0.2) is 4.98 Å². The van der Waals surface area contributed by atoms with Crippen molar-refractivity contribution in [2.24, 2.45) is 16.6 Å². The molecule has 9 heteroatoms. The number of hydrogen-bond acceptors (Lipinski definition) is 5. The van der Waals surface area contributed by atoms with Crippen molar-refractivity contribution in [2.75, 3.05) is 44.7 Å². The Labute approximate surface area is 209 Å². The monoisotopic (exact) mass is 557 g/mol. The van der Waals surface area contributed by atoms with E-state index in [1.54, 1.807) is 7.05 Å². The number of piperidine rings is 2. The van der Waals surface area contributed by atoms with Crippen molar-refractivity contribution in [3.63, 3.8) is 0 Å². The minimum atomic E-state index is -0.219. The number of amides is 1. The van der Waals surface area contributed by atoms with Gasteiger partial charge in [0.2, 0.25) is 5.91 Å². The SMILES string of the molecule is CCC1CCCCN1CCNC(=NC)NCc1cccnc1N1CCCC(C(N)=O)C1.I. The van der Waals surface area contributed by atoms with Crippen molar-refractivity contribution in [1.29, 1.82) is 0 Å². The molecule has 0 aromatic carbocycles. The highest BCUT2D eigenvalue weighted by molar-refractivity contribution is 14.0. The number of nitrogens with two attached hydrogens (primary N) is 1. The predicted molar refractivity (Wildman–Crippen MR) is 141 cm³/mol. The lowest BCUT2D eigenvalue weighted by atomic mass is 9.97. The number of aromatic nitrogens is 1. The standard InChI is InChI=1S/C23H39N7O.HI/c1-3-20-10-4-5-13-29(20)15-12-27-23(25-2)28-16-18-8-6-11-26-22(18)30-14-7-9-19(17-30)21(24)31;/h6,8,11,19-20H,3-5,7,9-10,12-17H2,1-2H3,(H2,24,31)(H2,25,27,28);1H. The average Bonchev–Trinajstić information content (AvgIpc) is 2.81. The minimum absolute atomic E-state index is 0. The quantitative estimate of drug-likeness (QED) is 0.258. The molecule has 1 amide bonds. The van der Waals surface area contributed by atoms with Crippen molar-refractivity contribution in [3.05, 3.63) is 23.9 Å². The van der Waals surface area contributed by atoms with Crippen molar-refractivity contribution in [2.45, 2.75) is 58.0 Å². The molecule has 3 rings (SSSR count). The summed E-state index contributed by atoms with van der Waals surface area (Å²) in [7, 11) is 1.80. The van der Waals surface area contributed by atoms with Gasteiger partial charge in [0.1, 0.15) is 5.82 Å². The van der Waals surface area contributed by atoms with Crippen LogP contribution in [-0.2, 0) is 11.3 Å². The van der Waals surface area contributed by atoms with Crippen molar-refractivity contribution in [1.82, 2.24) is 20.5 Å². The molecule has 0 radical (unpaired) electrons. The zero-order valence-electron chi connectivity index (χ0n) is 19.6. The van der Waals surface area contributed by atoms with Crippen LogP contribution in [0.2, 0.25) is 0 Å². The van der Waals surface area contributed by atoms with Gasteiger partial charge in [-0.05, 0) is 44.7 Å². The molecule has 2 atom stereocenters. The Bertz CT molecular complexity index is 745. The smallest absolute Gasteiger partial charge is 0.222 e. The Morgan fingerprint density at radius 3 is 2.84 bits per heavy atom. The summed E-state index contributed by atoms with van der Waals surface area (Å²) in [5, 5.41) is 6.88. The van der Waals surface area contributed by atoms with E-state index in [2.05, 4.69) is 43.4 Å². The van der Waals surface area contributed by atoms with Crippen LogP contribution in [-0.4, -0.2) is 67.6 Å². The van der Waals surface area contributed by atoms with Gasteiger partial charge in [-0.15, -0.1) is 24.0 Å². The van der Waals surface area contributed by atoms with Crippen LogP contribution < -0.4 is 21.3 Å². The van der Waals surface area contributed by atoms with Crippen LogP contribution in [0.3, 0.4) is 0 Å². The second-order valence-electron chi connectivity index (χ2n) is 8.62. The molecule has 2 unspecified atom stereocenters. The highest BCUT2D eigenvalue weighted by Crippen LogP contribution is 2.24. The maximum atomic E-state index is 11.7. The van der Waals surface area contributed by atoms with E-state index in [1.165, 1.54) is 32.2 Å². The molecule has 180 valence electrons. The van der Waals surface area contributed by atoms with Crippen LogP contribution in [0.4, 0.5) is 5.82 Å². The molecule has 1 aromatic heterocycles. The molecule has 2 aliphatic rings. The Kier molecular flexibility index (Phi) is 11.5. The number of carbonyl (C=O) groups is 1. The van der Waals surface area contributed by atoms with Gasteiger partial charge in [0.25, 0.3) is 0 Å². The number of halogens is 1. The molecule has 3 heterocycles. The summed E-state index contributed by atoms with van der Waals surface area (Å²) in [5.41, 5.74) is 6.65. The lowest BCUT2D eigenvalue weighted by molar-refractivity contribution is -0.122. The number of hydrogen-bond donors (Lipinski definition) is 3. The fraction of sp³-hybridized carbons (Fsp3) is 0.696. The first-order valence-electron chi connectivity index (χ1n) is 11.8. The number of guanidine groups is 1. The summed E-state index contributed by atoms with van der Waals surface area (Å²) in [4.78, 5) is 25.4. The lowest BCUT2D eigenvalue weighted by Gasteiger charge is -2.35. The van der Waals surface area contributed by atoms with Crippen LogP contribution in [0, 0.1) is 5.92 Å². The van der Waals surface area contributed by atoms with Gasteiger partial charge < -0.3 is 21.3 Å². The zero-order chi connectivity index (χ0) is 22.1. The van der Waals surface area contributed by atoms with Crippen LogP contribution in [0.15, 0.2) is 23.3 Å². The highest BCUT2D eigenvalue weighted by Gasteiger charge is 2.26. The van der Waals surface area contributed by atoms with E-state index in [0.717, 1.165) is 55.9 Å². The molecule has 0 aliphatic carbocycles. The summed E-state index contributed by atoms with van der Waals surface area (Å²) in [5.74, 6) is 1.40. The lowest BCUT2D eigenvalue weighted by Crippen LogP contribution is -2.46. The van der Waals surface area contributed by atoms with Gasteiger partial charge >= 0.3 is 0 Å². The van der Waals surface area contributed by atoms with Crippen LogP contribution in [0.1, 0.15) is 51.0 Å². The molecule has 0 spiro atoms. The fourth-order valence-electron chi connectivity index (χ4n) is 4.79. The topological polar surface area (TPSA) is 98.9 Å². The van der Waals surface area contributed by atoms with E-state index in [0.29, 0.717) is 13.1 Å². The predicted octanol–water partition coefficient (Wildman–Crippen LogP) is 2.33. The summed E-state index contributed by atoms with van der Waals surface area (Å²) >= 11 is 0. The zero-order valence-corrected chi connectivity index (χ0v) is 21.9. The van der Waals surface area contributed by atoms with Gasteiger partial charge in [0, 0.05) is 57.6 Å². The van der Waals surface area contributed by atoms with E-state index < -0.39 is 0 Å². The number of likely N-dealkylation sites (tertiary alicyclic amines) is 1. The summed E-state index contributed by atoms with van der Waals surface area (Å²) in [6.45, 7) is 7.57. The maximum Gasteiger partial charge on any atom is 0.222 e. The number of carbonyl (C=O) groups excluding carboxylic acids is 1. The maximum absolute atomic E-state index is 11.7. The number of nitrogens with one attached hydrogen (secondary N) is 2. The van der Waals surface area contributed by atoms with E-state index in [-0.39, 0.29) is 35.8 Å². The summed E-state index contributed by atoms with van der Waals surface area (Å²) in [6, 6.07) is 4.75.